The van der Waals surface area contributed by atoms with Crippen molar-refractivity contribution in [2.45, 2.75) is 6.42 Å². The van der Waals surface area contributed by atoms with Crippen LogP contribution in [-0.4, -0.2) is 40.5 Å². The Labute approximate surface area is 155 Å². The van der Waals surface area contributed by atoms with E-state index in [1.54, 1.807) is 24.3 Å². The van der Waals surface area contributed by atoms with Crippen molar-refractivity contribution < 1.29 is 19.4 Å². The molecule has 0 radical (unpaired) electrons. The minimum absolute atomic E-state index is 0.0712. The first-order valence-corrected chi connectivity index (χ1v) is 8.59. The van der Waals surface area contributed by atoms with Gasteiger partial charge in [0.2, 0.25) is 0 Å². The summed E-state index contributed by atoms with van der Waals surface area (Å²) in [5.41, 5.74) is 2.83. The predicted octanol–water partition coefficient (Wildman–Crippen LogP) is 3.30. The molecule has 0 fully saturated rings. The van der Waals surface area contributed by atoms with Crippen molar-refractivity contribution in [3.8, 4) is 5.75 Å². The van der Waals surface area contributed by atoms with Crippen molar-refractivity contribution >= 4 is 28.4 Å². The Morgan fingerprint density at radius 2 is 1.85 bits per heavy atom. The molecule has 0 unspecified atom stereocenters. The molecule has 1 aromatic heterocycles. The molecule has 2 aromatic carbocycles. The van der Waals surface area contributed by atoms with E-state index in [4.69, 9.17) is 4.74 Å². The highest BCUT2D eigenvalue weighted by atomic mass is 16.5. The van der Waals surface area contributed by atoms with Crippen LogP contribution in [0.5, 0.6) is 5.75 Å². The van der Waals surface area contributed by atoms with Crippen LogP contribution < -0.4 is 4.74 Å². The normalized spacial score (nSPS) is 13.7. The lowest BCUT2D eigenvalue weighted by molar-refractivity contribution is -0.130. The number of hydrogen-bond donors (Lipinski definition) is 2. The fourth-order valence-corrected chi connectivity index (χ4v) is 3.51. The summed E-state index contributed by atoms with van der Waals surface area (Å²) in [6.07, 6.45) is 1.96. The summed E-state index contributed by atoms with van der Waals surface area (Å²) in [6, 6.07) is 14.6. The van der Waals surface area contributed by atoms with Crippen LogP contribution in [0.25, 0.3) is 16.5 Å². The molecule has 2 N–H and O–H groups in total. The highest BCUT2D eigenvalue weighted by molar-refractivity contribution is 6.17. The lowest BCUT2D eigenvalue weighted by Gasteiger charge is -2.19. The van der Waals surface area contributed by atoms with Crippen LogP contribution in [0.15, 0.2) is 54.7 Å². The van der Waals surface area contributed by atoms with Crippen LogP contribution in [0.2, 0.25) is 0 Å². The van der Waals surface area contributed by atoms with E-state index in [-0.39, 0.29) is 11.5 Å². The van der Waals surface area contributed by atoms with Gasteiger partial charge >= 0.3 is 5.97 Å². The topological polar surface area (TPSA) is 82.6 Å². The zero-order valence-electron chi connectivity index (χ0n) is 14.7. The third-order valence-corrected chi connectivity index (χ3v) is 4.80. The van der Waals surface area contributed by atoms with E-state index in [1.165, 1.54) is 18.2 Å². The summed E-state index contributed by atoms with van der Waals surface area (Å²) in [5.74, 6) is -0.913. The molecule has 2 heterocycles. The summed E-state index contributed by atoms with van der Waals surface area (Å²) >= 11 is 0. The van der Waals surface area contributed by atoms with Crippen molar-refractivity contribution in [1.29, 1.82) is 0 Å². The monoisotopic (exact) mass is 362 g/mol. The molecular weight excluding hydrogens is 344 g/mol. The van der Waals surface area contributed by atoms with Crippen molar-refractivity contribution in [3.63, 3.8) is 0 Å². The van der Waals surface area contributed by atoms with Crippen LogP contribution in [0.4, 0.5) is 0 Å². The SMILES string of the molecule is COc1ccccc1C(=O)N1C=C(C(=O)O)c2[nH]c3ccccc3c2CC1. The van der Waals surface area contributed by atoms with E-state index >= 15 is 0 Å². The fourth-order valence-electron chi connectivity index (χ4n) is 3.51. The second-order valence-electron chi connectivity index (χ2n) is 6.32. The Hall–Kier alpha value is -3.54. The Balaban J connectivity index is 1.80. The molecule has 0 spiro atoms. The van der Waals surface area contributed by atoms with Gasteiger partial charge in [-0.2, -0.15) is 0 Å². The number of rotatable bonds is 3. The first-order chi connectivity index (χ1) is 13.1. The lowest BCUT2D eigenvalue weighted by atomic mass is 10.0. The molecule has 0 bridgehead atoms. The van der Waals surface area contributed by atoms with E-state index in [2.05, 4.69) is 4.98 Å². The average molecular weight is 362 g/mol. The number of carboxylic acid groups (broad SMARTS) is 1. The van der Waals surface area contributed by atoms with Crippen molar-refractivity contribution in [1.82, 2.24) is 9.88 Å². The molecule has 4 rings (SSSR count). The standard InChI is InChI=1S/C21H18N2O4/c1-27-18-9-5-3-7-15(18)20(24)23-11-10-14-13-6-2-4-8-17(13)22-19(14)16(12-23)21(25)26/h2-9,12,22H,10-11H2,1H3,(H,25,26). The Bertz CT molecular complexity index is 1080. The van der Waals surface area contributed by atoms with Crippen LogP contribution in [0.3, 0.4) is 0 Å². The summed E-state index contributed by atoms with van der Waals surface area (Å²) in [5, 5.41) is 10.7. The van der Waals surface area contributed by atoms with E-state index < -0.39 is 5.97 Å². The molecule has 136 valence electrons. The number of aromatic amines is 1. The summed E-state index contributed by atoms with van der Waals surface area (Å²) in [6.45, 7) is 0.377. The molecule has 27 heavy (non-hydrogen) atoms. The number of nitrogens with zero attached hydrogens (tertiary/aromatic N) is 1. The van der Waals surface area contributed by atoms with Gasteiger partial charge in [-0.25, -0.2) is 4.79 Å². The molecule has 1 aliphatic heterocycles. The van der Waals surface area contributed by atoms with Gasteiger partial charge in [0.05, 0.1) is 23.9 Å². The van der Waals surface area contributed by atoms with Crippen molar-refractivity contribution in [2.75, 3.05) is 13.7 Å². The maximum Gasteiger partial charge on any atom is 0.339 e. The van der Waals surface area contributed by atoms with Gasteiger partial charge in [-0.05, 0) is 30.2 Å². The van der Waals surface area contributed by atoms with E-state index in [9.17, 15) is 14.7 Å². The number of amides is 1. The number of aliphatic carboxylic acids is 1. The third kappa shape index (κ3) is 2.85. The minimum atomic E-state index is -1.08. The molecule has 6 heteroatoms. The van der Waals surface area contributed by atoms with Gasteiger partial charge < -0.3 is 19.7 Å². The highest BCUT2D eigenvalue weighted by Gasteiger charge is 2.27. The number of benzene rings is 2. The Morgan fingerprint density at radius 1 is 1.11 bits per heavy atom. The molecule has 6 nitrogen and oxygen atoms in total. The van der Waals surface area contributed by atoms with Gasteiger partial charge in [0.25, 0.3) is 5.91 Å². The van der Waals surface area contributed by atoms with Crippen LogP contribution in [0, 0.1) is 0 Å². The summed E-state index contributed by atoms with van der Waals surface area (Å²) in [4.78, 5) is 29.6. The number of carbonyl (C=O) groups is 2. The first kappa shape index (κ1) is 16.9. The molecule has 0 atom stereocenters. The van der Waals surface area contributed by atoms with Gasteiger partial charge in [-0.15, -0.1) is 0 Å². The number of H-pyrrole nitrogens is 1. The number of ether oxygens (including phenoxy) is 1. The van der Waals surface area contributed by atoms with Crippen LogP contribution >= 0.6 is 0 Å². The van der Waals surface area contributed by atoms with Gasteiger partial charge in [-0.1, -0.05) is 30.3 Å². The average Bonchev–Trinajstić information content (AvgIpc) is 2.94. The maximum absolute atomic E-state index is 13.0. The number of fused-ring (bicyclic) bond motifs is 3. The predicted molar refractivity (Wildman–Crippen MR) is 102 cm³/mol. The number of hydrogen-bond acceptors (Lipinski definition) is 3. The third-order valence-electron chi connectivity index (χ3n) is 4.80. The number of aromatic nitrogens is 1. The lowest BCUT2D eigenvalue weighted by Crippen LogP contribution is -2.28. The van der Waals surface area contributed by atoms with Crippen molar-refractivity contribution in [2.24, 2.45) is 0 Å². The second-order valence-corrected chi connectivity index (χ2v) is 6.32. The summed E-state index contributed by atoms with van der Waals surface area (Å²) in [7, 11) is 1.50. The number of carboxylic acids is 1. The number of para-hydroxylation sites is 2. The highest BCUT2D eigenvalue weighted by Crippen LogP contribution is 2.31. The summed E-state index contributed by atoms with van der Waals surface area (Å²) < 4.78 is 5.28. The minimum Gasteiger partial charge on any atom is -0.496 e. The van der Waals surface area contributed by atoms with E-state index in [0.717, 1.165) is 16.5 Å². The number of nitrogens with one attached hydrogen (secondary N) is 1. The molecular formula is C21H18N2O4. The molecule has 0 aliphatic carbocycles. The Kier molecular flexibility index (Phi) is 4.16. The fraction of sp³-hybridized carbons (Fsp3) is 0.143. The Morgan fingerprint density at radius 3 is 2.63 bits per heavy atom. The zero-order chi connectivity index (χ0) is 19.0. The van der Waals surface area contributed by atoms with Crippen molar-refractivity contribution in [3.05, 3.63) is 71.6 Å². The van der Waals surface area contributed by atoms with Gasteiger partial charge in [0, 0.05) is 23.6 Å². The van der Waals surface area contributed by atoms with E-state index in [0.29, 0.717) is 30.0 Å². The number of carbonyl (C=O) groups excluding carboxylic acids is 1. The number of methoxy groups -OCH3 is 1. The smallest absolute Gasteiger partial charge is 0.339 e. The molecule has 0 saturated heterocycles. The molecule has 3 aromatic rings. The molecule has 0 saturated carbocycles. The largest absolute Gasteiger partial charge is 0.496 e. The quantitative estimate of drug-likeness (QED) is 0.749. The molecule has 1 aliphatic rings. The van der Waals surface area contributed by atoms with Gasteiger partial charge in [0.1, 0.15) is 5.75 Å². The van der Waals surface area contributed by atoms with Gasteiger partial charge in [-0.3, -0.25) is 4.79 Å². The van der Waals surface area contributed by atoms with Crippen LogP contribution in [0.1, 0.15) is 21.6 Å². The maximum atomic E-state index is 13.0. The van der Waals surface area contributed by atoms with Crippen LogP contribution in [-0.2, 0) is 11.2 Å². The zero-order valence-corrected chi connectivity index (χ0v) is 14.7. The molecule has 1 amide bonds. The van der Waals surface area contributed by atoms with E-state index in [1.807, 2.05) is 24.3 Å². The van der Waals surface area contributed by atoms with Gasteiger partial charge in [0.15, 0.2) is 0 Å². The second kappa shape index (κ2) is 6.64. The first-order valence-electron chi connectivity index (χ1n) is 8.59.